The molecule has 2 unspecified atom stereocenters. The molecule has 0 heterocycles. The molecule has 2 N–H and O–H groups in total. The Kier molecular flexibility index (Phi) is 7.88. The summed E-state index contributed by atoms with van der Waals surface area (Å²) in [5.41, 5.74) is 1.00. The molecular weight excluding hydrogens is 320 g/mol. The van der Waals surface area contributed by atoms with Crippen molar-refractivity contribution in [1.29, 1.82) is 0 Å². The van der Waals surface area contributed by atoms with Gasteiger partial charge in [-0.25, -0.2) is 0 Å². The molecule has 2 atom stereocenters. The third-order valence-electron chi connectivity index (χ3n) is 4.01. The average Bonchev–Trinajstić information content (AvgIpc) is 3.42. The molecule has 1 aliphatic carbocycles. The van der Waals surface area contributed by atoms with Gasteiger partial charge in [-0.05, 0) is 32.3 Å². The van der Waals surface area contributed by atoms with Crippen molar-refractivity contribution in [2.24, 2.45) is 0 Å². The van der Waals surface area contributed by atoms with Gasteiger partial charge in [0.15, 0.2) is 0 Å². The minimum absolute atomic E-state index is 0.138. The summed E-state index contributed by atoms with van der Waals surface area (Å²) in [5.74, 6) is -0.426. The Labute approximate surface area is 149 Å². The van der Waals surface area contributed by atoms with Crippen LogP contribution in [0.4, 0.5) is 0 Å². The van der Waals surface area contributed by atoms with Gasteiger partial charge in [-0.2, -0.15) is 0 Å². The van der Waals surface area contributed by atoms with Crippen LogP contribution in [0.5, 0.6) is 0 Å². The first kappa shape index (κ1) is 19.4. The molecule has 0 aromatic heterocycles. The highest BCUT2D eigenvalue weighted by atomic mass is 16.5. The molecular formula is C19H28N2O4. The maximum absolute atomic E-state index is 12.5. The van der Waals surface area contributed by atoms with Crippen molar-refractivity contribution >= 4 is 11.8 Å². The van der Waals surface area contributed by atoms with Gasteiger partial charge in [-0.15, -0.1) is 0 Å². The maximum Gasteiger partial charge on any atom is 0.249 e. The summed E-state index contributed by atoms with van der Waals surface area (Å²) in [7, 11) is 0. The van der Waals surface area contributed by atoms with Gasteiger partial charge in [0.25, 0.3) is 0 Å². The summed E-state index contributed by atoms with van der Waals surface area (Å²) >= 11 is 0. The van der Waals surface area contributed by atoms with Crippen molar-refractivity contribution in [3.8, 4) is 0 Å². The van der Waals surface area contributed by atoms with Gasteiger partial charge < -0.3 is 20.1 Å². The van der Waals surface area contributed by atoms with Gasteiger partial charge in [-0.3, -0.25) is 9.59 Å². The normalized spacial score (nSPS) is 16.1. The van der Waals surface area contributed by atoms with E-state index < -0.39 is 12.1 Å². The summed E-state index contributed by atoms with van der Waals surface area (Å²) in [6.45, 7) is 5.00. The molecule has 1 saturated carbocycles. The molecule has 25 heavy (non-hydrogen) atoms. The van der Waals surface area contributed by atoms with E-state index in [1.165, 1.54) is 0 Å². The van der Waals surface area contributed by atoms with E-state index in [0.717, 1.165) is 18.4 Å². The van der Waals surface area contributed by atoms with E-state index in [4.69, 9.17) is 9.47 Å². The Morgan fingerprint density at radius 2 is 1.88 bits per heavy atom. The Bertz CT molecular complexity index is 546. The highest BCUT2D eigenvalue weighted by Gasteiger charge is 2.29. The quantitative estimate of drug-likeness (QED) is 0.593. The molecule has 0 saturated heterocycles. The number of amides is 2. The fourth-order valence-electron chi connectivity index (χ4n) is 2.38. The average molecular weight is 348 g/mol. The predicted octanol–water partition coefficient (Wildman–Crippen LogP) is 1.43. The number of hydrogen-bond donors (Lipinski definition) is 2. The second kappa shape index (κ2) is 10.2. The molecule has 1 aromatic rings. The Hall–Kier alpha value is -1.92. The summed E-state index contributed by atoms with van der Waals surface area (Å²) in [5, 5.41) is 5.79. The minimum atomic E-state index is -0.632. The van der Waals surface area contributed by atoms with Gasteiger partial charge in [0.2, 0.25) is 11.8 Å². The van der Waals surface area contributed by atoms with Gasteiger partial charge in [-0.1, -0.05) is 30.3 Å². The number of rotatable bonds is 11. The van der Waals surface area contributed by atoms with E-state index >= 15 is 0 Å². The molecule has 2 rings (SSSR count). The largest absolute Gasteiger partial charge is 0.379 e. The number of carbonyl (C=O) groups excluding carboxylic acids is 2. The van der Waals surface area contributed by atoms with Crippen LogP contribution in [0.25, 0.3) is 0 Å². The van der Waals surface area contributed by atoms with Crippen LogP contribution in [0.1, 0.15) is 32.3 Å². The molecule has 138 valence electrons. The minimum Gasteiger partial charge on any atom is -0.379 e. The zero-order chi connectivity index (χ0) is 18.1. The summed E-state index contributed by atoms with van der Waals surface area (Å²) < 4.78 is 10.7. The summed E-state index contributed by atoms with van der Waals surface area (Å²) in [6.07, 6.45) is 1.84. The van der Waals surface area contributed by atoms with E-state index in [9.17, 15) is 9.59 Å². The predicted molar refractivity (Wildman–Crippen MR) is 95.1 cm³/mol. The van der Waals surface area contributed by atoms with Crippen LogP contribution in [-0.2, 0) is 25.5 Å². The molecule has 2 amide bonds. The first-order valence-corrected chi connectivity index (χ1v) is 8.94. The Morgan fingerprint density at radius 1 is 1.16 bits per heavy atom. The Morgan fingerprint density at radius 3 is 2.52 bits per heavy atom. The zero-order valence-electron chi connectivity index (χ0n) is 15.0. The molecule has 6 nitrogen and oxygen atoms in total. The van der Waals surface area contributed by atoms with E-state index in [-0.39, 0.29) is 17.9 Å². The topological polar surface area (TPSA) is 76.7 Å². The van der Waals surface area contributed by atoms with Crippen molar-refractivity contribution in [3.63, 3.8) is 0 Å². The third kappa shape index (κ3) is 7.23. The van der Waals surface area contributed by atoms with Crippen molar-refractivity contribution in [3.05, 3.63) is 35.9 Å². The first-order chi connectivity index (χ1) is 12.1. The fourth-order valence-corrected chi connectivity index (χ4v) is 2.38. The maximum atomic E-state index is 12.5. The van der Waals surface area contributed by atoms with Gasteiger partial charge >= 0.3 is 0 Å². The van der Waals surface area contributed by atoms with Crippen molar-refractivity contribution in [2.45, 2.75) is 51.3 Å². The van der Waals surface area contributed by atoms with E-state index in [1.54, 1.807) is 6.92 Å². The smallest absolute Gasteiger partial charge is 0.249 e. The van der Waals surface area contributed by atoms with Crippen LogP contribution >= 0.6 is 0 Å². The summed E-state index contributed by atoms with van der Waals surface area (Å²) in [6, 6.07) is 9.32. The highest BCUT2D eigenvalue weighted by molar-refractivity contribution is 5.89. The van der Waals surface area contributed by atoms with Crippen LogP contribution in [0.2, 0.25) is 0 Å². The van der Waals surface area contributed by atoms with Crippen molar-refractivity contribution in [1.82, 2.24) is 10.6 Å². The third-order valence-corrected chi connectivity index (χ3v) is 4.01. The first-order valence-electron chi connectivity index (χ1n) is 8.94. The zero-order valence-corrected chi connectivity index (χ0v) is 15.0. The molecule has 0 bridgehead atoms. The van der Waals surface area contributed by atoms with Crippen LogP contribution < -0.4 is 10.6 Å². The SMILES string of the molecule is CCOCCOC(C)C(=O)NC(Cc1ccccc1)C(=O)NC1CC1. The lowest BCUT2D eigenvalue weighted by Crippen LogP contribution is -2.51. The molecule has 6 heteroatoms. The van der Waals surface area contributed by atoms with E-state index in [2.05, 4.69) is 10.6 Å². The Balaban J connectivity index is 1.89. The molecule has 1 aromatic carbocycles. The summed E-state index contributed by atoms with van der Waals surface area (Å²) in [4.78, 5) is 24.8. The van der Waals surface area contributed by atoms with E-state index in [0.29, 0.717) is 26.2 Å². The second-order valence-electron chi connectivity index (χ2n) is 6.24. The second-order valence-corrected chi connectivity index (χ2v) is 6.24. The van der Waals surface area contributed by atoms with Gasteiger partial charge in [0.05, 0.1) is 13.2 Å². The molecule has 1 fully saturated rings. The molecule has 1 aliphatic rings. The fraction of sp³-hybridized carbons (Fsp3) is 0.579. The lowest BCUT2D eigenvalue weighted by molar-refractivity contribution is -0.136. The van der Waals surface area contributed by atoms with Crippen molar-refractivity contribution < 1.29 is 19.1 Å². The van der Waals surface area contributed by atoms with Gasteiger partial charge in [0.1, 0.15) is 12.1 Å². The van der Waals surface area contributed by atoms with Gasteiger partial charge in [0, 0.05) is 19.1 Å². The molecule has 0 spiro atoms. The number of nitrogens with one attached hydrogen (secondary N) is 2. The molecule has 0 aliphatic heterocycles. The lowest BCUT2D eigenvalue weighted by atomic mass is 10.0. The van der Waals surface area contributed by atoms with Crippen LogP contribution in [0.3, 0.4) is 0 Å². The number of carbonyl (C=O) groups is 2. The number of hydrogen-bond acceptors (Lipinski definition) is 4. The monoisotopic (exact) mass is 348 g/mol. The standard InChI is InChI=1S/C19H28N2O4/c1-3-24-11-12-25-14(2)18(22)21-17(19(23)20-16-9-10-16)13-15-7-5-4-6-8-15/h4-8,14,16-17H,3,9-13H2,1-2H3,(H,20,23)(H,21,22). The van der Waals surface area contributed by atoms with E-state index in [1.807, 2.05) is 37.3 Å². The van der Waals surface area contributed by atoms with Crippen molar-refractivity contribution in [2.75, 3.05) is 19.8 Å². The number of ether oxygens (including phenoxy) is 2. The highest BCUT2D eigenvalue weighted by Crippen LogP contribution is 2.19. The number of benzene rings is 1. The lowest BCUT2D eigenvalue weighted by Gasteiger charge is -2.21. The van der Waals surface area contributed by atoms with Crippen LogP contribution in [0, 0.1) is 0 Å². The van der Waals surface area contributed by atoms with Crippen LogP contribution in [-0.4, -0.2) is 49.8 Å². The molecule has 0 radical (unpaired) electrons. The van der Waals surface area contributed by atoms with Crippen LogP contribution in [0.15, 0.2) is 30.3 Å².